The van der Waals surface area contributed by atoms with Gasteiger partial charge in [0.15, 0.2) is 26.2 Å². The van der Waals surface area contributed by atoms with Crippen LogP contribution >= 0.6 is 11.8 Å². The van der Waals surface area contributed by atoms with E-state index in [2.05, 4.69) is 0 Å². The summed E-state index contributed by atoms with van der Waals surface area (Å²) in [5.41, 5.74) is 0.983. The van der Waals surface area contributed by atoms with Crippen LogP contribution in [-0.2, 0) is 25.1 Å². The van der Waals surface area contributed by atoms with Gasteiger partial charge in [-0.2, -0.15) is 0 Å². The van der Waals surface area contributed by atoms with E-state index in [1.807, 2.05) is 30.3 Å². The van der Waals surface area contributed by atoms with Gasteiger partial charge in [-0.3, -0.25) is 0 Å². The van der Waals surface area contributed by atoms with Crippen molar-refractivity contribution in [1.82, 2.24) is 0 Å². The number of thioether (sulfide) groups is 1. The van der Waals surface area contributed by atoms with Crippen molar-refractivity contribution in [2.24, 2.45) is 0 Å². The molecule has 0 atom stereocenters. The van der Waals surface area contributed by atoms with Crippen LogP contribution in [0, 0.1) is 0 Å². The molecule has 2 aromatic carbocycles. The van der Waals surface area contributed by atoms with Crippen LogP contribution in [0.15, 0.2) is 52.3 Å². The first-order chi connectivity index (χ1) is 13.8. The van der Waals surface area contributed by atoms with E-state index in [0.717, 1.165) is 11.2 Å². The van der Waals surface area contributed by atoms with Crippen LogP contribution in [0.5, 0.6) is 11.5 Å². The van der Waals surface area contributed by atoms with Crippen molar-refractivity contribution in [1.29, 1.82) is 0 Å². The predicted octanol–water partition coefficient (Wildman–Crippen LogP) is 4.03. The molecular formula is C21H24O6S2. The summed E-state index contributed by atoms with van der Waals surface area (Å²) in [5, 5.41) is 10.5. The maximum Gasteiger partial charge on any atom is 0.349 e. The zero-order valence-corrected chi connectivity index (χ0v) is 18.2. The third-order valence-corrected chi connectivity index (χ3v) is 5.93. The van der Waals surface area contributed by atoms with Gasteiger partial charge in [0, 0.05) is 22.5 Å². The molecule has 1 N–H and O–H groups in total. The Balaban J connectivity index is 2.47. The van der Waals surface area contributed by atoms with Crippen LogP contribution in [0.3, 0.4) is 0 Å². The second-order valence-electron chi connectivity index (χ2n) is 6.06. The summed E-state index contributed by atoms with van der Waals surface area (Å²) in [6.07, 6.45) is 2.19. The Bertz CT molecular complexity index is 982. The number of benzene rings is 2. The van der Waals surface area contributed by atoms with E-state index in [1.54, 1.807) is 19.9 Å². The van der Waals surface area contributed by atoms with Crippen LogP contribution < -0.4 is 4.74 Å². The van der Waals surface area contributed by atoms with Crippen molar-refractivity contribution >= 4 is 33.6 Å². The van der Waals surface area contributed by atoms with Crippen LogP contribution in [0.2, 0.25) is 0 Å². The number of carbonyl (C=O) groups is 1. The lowest BCUT2D eigenvalue weighted by atomic mass is 10.1. The van der Waals surface area contributed by atoms with Gasteiger partial charge >= 0.3 is 5.97 Å². The number of carbonyl (C=O) groups excluding carboxylic acids is 1. The highest BCUT2D eigenvalue weighted by Crippen LogP contribution is 2.36. The van der Waals surface area contributed by atoms with Crippen LogP contribution in [-0.4, -0.2) is 39.0 Å². The average molecular weight is 437 g/mol. The number of sulfone groups is 1. The Morgan fingerprint density at radius 2 is 1.83 bits per heavy atom. The van der Waals surface area contributed by atoms with E-state index in [1.165, 1.54) is 23.9 Å². The molecule has 6 nitrogen and oxygen atoms in total. The summed E-state index contributed by atoms with van der Waals surface area (Å²) in [6, 6.07) is 12.8. The quantitative estimate of drug-likeness (QED) is 0.360. The lowest BCUT2D eigenvalue weighted by Crippen LogP contribution is -2.15. The molecule has 0 aromatic heterocycles. The molecule has 0 fully saturated rings. The maximum atomic E-state index is 12.1. The fraction of sp³-hybridized carbons (Fsp3) is 0.286. The van der Waals surface area contributed by atoms with Crippen LogP contribution in [0.1, 0.15) is 25.0 Å². The van der Waals surface area contributed by atoms with Crippen molar-refractivity contribution in [3.63, 3.8) is 0 Å². The first-order valence-corrected chi connectivity index (χ1v) is 11.9. The molecule has 0 saturated heterocycles. The topological polar surface area (TPSA) is 89.9 Å². The van der Waals surface area contributed by atoms with Crippen LogP contribution in [0.25, 0.3) is 6.08 Å². The van der Waals surface area contributed by atoms with Gasteiger partial charge in [0.2, 0.25) is 0 Å². The van der Waals surface area contributed by atoms with Crippen molar-refractivity contribution < 1.29 is 27.8 Å². The number of phenols is 1. The molecule has 0 saturated carbocycles. The molecule has 156 valence electrons. The summed E-state index contributed by atoms with van der Waals surface area (Å²) >= 11 is 1.52. The maximum absolute atomic E-state index is 12.1. The zero-order valence-electron chi connectivity index (χ0n) is 16.5. The number of aromatic hydroxyl groups is 1. The average Bonchev–Trinajstić information content (AvgIpc) is 2.67. The molecule has 0 unspecified atom stereocenters. The van der Waals surface area contributed by atoms with E-state index < -0.39 is 20.7 Å². The predicted molar refractivity (Wildman–Crippen MR) is 115 cm³/mol. The smallest absolute Gasteiger partial charge is 0.349 e. The third kappa shape index (κ3) is 6.54. The number of hydrogen-bond acceptors (Lipinski definition) is 7. The van der Waals surface area contributed by atoms with E-state index in [9.17, 15) is 18.3 Å². The highest BCUT2D eigenvalue weighted by molar-refractivity contribution is 7.98. The van der Waals surface area contributed by atoms with Gasteiger partial charge < -0.3 is 14.6 Å². The minimum Gasteiger partial charge on any atom is -0.504 e. The second-order valence-corrected chi connectivity index (χ2v) is 9.10. The van der Waals surface area contributed by atoms with Gasteiger partial charge in [0.25, 0.3) is 0 Å². The molecule has 0 spiro atoms. The molecule has 2 rings (SSSR count). The normalized spacial score (nSPS) is 11.9. The number of hydrogen-bond donors (Lipinski definition) is 1. The Labute approximate surface area is 175 Å². The third-order valence-electron chi connectivity index (χ3n) is 3.79. The van der Waals surface area contributed by atoms with Gasteiger partial charge in [0.1, 0.15) is 0 Å². The first kappa shape index (κ1) is 22.8. The molecule has 0 amide bonds. The second kappa shape index (κ2) is 10.4. The Morgan fingerprint density at radius 3 is 2.41 bits per heavy atom. The molecule has 29 heavy (non-hydrogen) atoms. The zero-order chi connectivity index (χ0) is 21.4. The molecule has 0 bridgehead atoms. The first-order valence-electron chi connectivity index (χ1n) is 9.01. The van der Waals surface area contributed by atoms with Crippen molar-refractivity contribution in [3.05, 3.63) is 58.5 Å². The Kier molecular flexibility index (Phi) is 8.16. The summed E-state index contributed by atoms with van der Waals surface area (Å²) in [4.78, 5) is 12.7. The van der Waals surface area contributed by atoms with E-state index in [-0.39, 0.29) is 18.1 Å². The lowest BCUT2D eigenvalue weighted by Gasteiger charge is -2.13. The van der Waals surface area contributed by atoms with Crippen LogP contribution in [0.4, 0.5) is 0 Å². The standard InChI is InChI=1S/C21H24O6S2/c1-4-26-18-12-15(13-19(29(3,24)25)21(23)27-5-2)11-16(20(18)22)14-28-17-9-7-6-8-10-17/h6-13,22H,4-5,14H2,1-3H3/b19-13+. The molecule has 0 heterocycles. The number of rotatable bonds is 9. The largest absolute Gasteiger partial charge is 0.504 e. The van der Waals surface area contributed by atoms with Gasteiger partial charge in [-0.15, -0.1) is 11.8 Å². The summed E-state index contributed by atoms with van der Waals surface area (Å²) in [7, 11) is -3.81. The highest BCUT2D eigenvalue weighted by atomic mass is 32.2. The van der Waals surface area contributed by atoms with E-state index in [4.69, 9.17) is 9.47 Å². The fourth-order valence-electron chi connectivity index (χ4n) is 2.50. The highest BCUT2D eigenvalue weighted by Gasteiger charge is 2.22. The molecule has 0 aliphatic rings. The minimum atomic E-state index is -3.81. The SMILES string of the molecule is CCOC(=O)/C(=C\c1cc(CSc2ccccc2)c(O)c(OCC)c1)S(C)(=O)=O. The number of ether oxygens (including phenoxy) is 2. The number of esters is 1. The monoisotopic (exact) mass is 436 g/mol. The molecular weight excluding hydrogens is 412 g/mol. The lowest BCUT2D eigenvalue weighted by molar-refractivity contribution is -0.137. The molecule has 0 radical (unpaired) electrons. The fourth-order valence-corrected chi connectivity index (χ4v) is 4.10. The summed E-state index contributed by atoms with van der Waals surface area (Å²) in [6.45, 7) is 3.76. The minimum absolute atomic E-state index is 0.00975. The van der Waals surface area contributed by atoms with E-state index in [0.29, 0.717) is 23.5 Å². The van der Waals surface area contributed by atoms with Crippen molar-refractivity contribution in [2.75, 3.05) is 19.5 Å². The van der Waals surface area contributed by atoms with Gasteiger partial charge in [-0.25, -0.2) is 13.2 Å². The molecule has 8 heteroatoms. The van der Waals surface area contributed by atoms with E-state index >= 15 is 0 Å². The van der Waals surface area contributed by atoms with Crippen molar-refractivity contribution in [3.8, 4) is 11.5 Å². The Morgan fingerprint density at radius 1 is 1.14 bits per heavy atom. The summed E-state index contributed by atoms with van der Waals surface area (Å²) in [5.74, 6) is -0.266. The van der Waals surface area contributed by atoms with Crippen molar-refractivity contribution in [2.45, 2.75) is 24.5 Å². The molecule has 0 aliphatic heterocycles. The number of phenolic OH excluding ortho intramolecular Hbond substituents is 1. The van der Waals surface area contributed by atoms with Gasteiger partial charge in [-0.1, -0.05) is 18.2 Å². The van der Waals surface area contributed by atoms with Gasteiger partial charge in [-0.05, 0) is 49.8 Å². The molecule has 0 aliphatic carbocycles. The van der Waals surface area contributed by atoms with Gasteiger partial charge in [0.05, 0.1) is 13.2 Å². The molecule has 2 aromatic rings. The Hall–Kier alpha value is -2.45. The summed E-state index contributed by atoms with van der Waals surface area (Å²) < 4.78 is 34.5.